The number of aromatic nitrogens is 1. The Bertz CT molecular complexity index is 1180. The average molecular weight is 358 g/mol. The lowest BCUT2D eigenvalue weighted by Crippen LogP contribution is -2.29. The molecule has 128 valence electrons. The van der Waals surface area contributed by atoms with Crippen LogP contribution in [0.15, 0.2) is 73.3 Å². The molecule has 0 radical (unpaired) electrons. The van der Waals surface area contributed by atoms with Gasteiger partial charge < -0.3 is 8.83 Å². The number of nitrogens with zero attached hydrogens (tertiary/aromatic N) is 1. The van der Waals surface area contributed by atoms with Crippen LogP contribution in [0.4, 0.5) is 0 Å². The molecular formula is C17H14N2O5S. The van der Waals surface area contributed by atoms with Crippen molar-refractivity contribution in [1.82, 2.24) is 9.29 Å². The van der Waals surface area contributed by atoms with Crippen molar-refractivity contribution in [3.63, 3.8) is 0 Å². The smallest absolute Gasteiger partial charge is 0.419 e. The Morgan fingerprint density at radius 2 is 1.68 bits per heavy atom. The topological polar surface area (TPSA) is 94.5 Å². The molecule has 7 nitrogen and oxygen atoms in total. The second-order valence-corrected chi connectivity index (χ2v) is 7.19. The van der Waals surface area contributed by atoms with Gasteiger partial charge in [0.25, 0.3) is 10.0 Å². The van der Waals surface area contributed by atoms with E-state index in [0.717, 1.165) is 0 Å². The lowest BCUT2D eigenvalue weighted by molar-refractivity contribution is 0.471. The molecule has 0 aliphatic carbocycles. The molecule has 0 atom stereocenters. The summed E-state index contributed by atoms with van der Waals surface area (Å²) in [4.78, 5) is 11.9. The monoisotopic (exact) mass is 358 g/mol. The van der Waals surface area contributed by atoms with Crippen LogP contribution >= 0.6 is 0 Å². The highest BCUT2D eigenvalue weighted by Crippen LogP contribution is 2.22. The van der Waals surface area contributed by atoms with Crippen molar-refractivity contribution in [2.45, 2.75) is 11.6 Å². The van der Waals surface area contributed by atoms with E-state index in [-0.39, 0.29) is 18.2 Å². The van der Waals surface area contributed by atoms with Crippen LogP contribution in [0, 0.1) is 0 Å². The lowest BCUT2D eigenvalue weighted by Gasteiger charge is -2.04. The van der Waals surface area contributed by atoms with Gasteiger partial charge in [0.05, 0.1) is 5.52 Å². The van der Waals surface area contributed by atoms with Crippen LogP contribution < -0.4 is 10.5 Å². The summed E-state index contributed by atoms with van der Waals surface area (Å²) in [7, 11) is -3.80. The van der Waals surface area contributed by atoms with Crippen molar-refractivity contribution < 1.29 is 17.3 Å². The zero-order valence-electron chi connectivity index (χ0n) is 13.0. The molecule has 0 fully saturated rings. The second kappa shape index (κ2) is 5.91. The predicted molar refractivity (Wildman–Crippen MR) is 91.9 cm³/mol. The third-order valence-electron chi connectivity index (χ3n) is 3.87. The summed E-state index contributed by atoms with van der Waals surface area (Å²) in [6.45, 7) is 0.179. The van der Waals surface area contributed by atoms with E-state index < -0.39 is 15.8 Å². The molecule has 0 saturated heterocycles. The molecule has 1 N–H and O–H groups in total. The van der Waals surface area contributed by atoms with Gasteiger partial charge in [-0.1, -0.05) is 30.3 Å². The minimum atomic E-state index is -3.80. The Kier molecular flexibility index (Phi) is 3.70. The van der Waals surface area contributed by atoms with Gasteiger partial charge in [-0.3, -0.25) is 4.57 Å². The maximum Gasteiger partial charge on any atom is 0.419 e. The van der Waals surface area contributed by atoms with Crippen LogP contribution in [0.25, 0.3) is 22.1 Å². The number of nitrogens with one attached hydrogen (secondary N) is 1. The van der Waals surface area contributed by atoms with Gasteiger partial charge in [-0.05, 0) is 18.2 Å². The molecule has 0 bridgehead atoms. The van der Waals surface area contributed by atoms with Crippen LogP contribution in [0.3, 0.4) is 0 Å². The largest absolute Gasteiger partial charge is 0.443 e. The van der Waals surface area contributed by atoms with Crippen LogP contribution in [-0.4, -0.2) is 19.5 Å². The maximum atomic E-state index is 12.4. The maximum absolute atomic E-state index is 12.4. The van der Waals surface area contributed by atoms with Crippen LogP contribution in [0.1, 0.15) is 0 Å². The molecule has 0 saturated carbocycles. The normalized spacial score (nSPS) is 12.2. The number of hydrogen-bond acceptors (Lipinski definition) is 5. The highest BCUT2D eigenvalue weighted by atomic mass is 32.2. The predicted octanol–water partition coefficient (Wildman–Crippen LogP) is 2.32. The molecule has 2 heterocycles. The highest BCUT2D eigenvalue weighted by molar-refractivity contribution is 7.89. The third kappa shape index (κ3) is 2.86. The van der Waals surface area contributed by atoms with Gasteiger partial charge in [0.1, 0.15) is 5.58 Å². The van der Waals surface area contributed by atoms with Gasteiger partial charge in [0, 0.05) is 24.5 Å². The van der Waals surface area contributed by atoms with E-state index in [2.05, 4.69) is 4.72 Å². The van der Waals surface area contributed by atoms with Gasteiger partial charge in [-0.2, -0.15) is 0 Å². The molecule has 2 aromatic heterocycles. The van der Waals surface area contributed by atoms with Gasteiger partial charge in [-0.25, -0.2) is 17.9 Å². The molecular weight excluding hydrogens is 344 g/mol. The molecule has 0 aliphatic rings. The van der Waals surface area contributed by atoms with Crippen molar-refractivity contribution in [1.29, 1.82) is 0 Å². The second-order valence-electron chi connectivity index (χ2n) is 5.49. The number of benzene rings is 2. The minimum Gasteiger partial charge on any atom is -0.443 e. The zero-order chi connectivity index (χ0) is 17.4. The van der Waals surface area contributed by atoms with E-state index >= 15 is 0 Å². The Balaban J connectivity index is 1.54. The van der Waals surface area contributed by atoms with E-state index in [1.165, 1.54) is 10.6 Å². The lowest BCUT2D eigenvalue weighted by atomic mass is 10.3. The summed E-state index contributed by atoms with van der Waals surface area (Å²) >= 11 is 0. The third-order valence-corrected chi connectivity index (χ3v) is 5.18. The molecule has 8 heteroatoms. The molecule has 0 spiro atoms. The number of oxazole rings is 1. The molecule has 4 aromatic rings. The Hall–Kier alpha value is -2.84. The first-order chi connectivity index (χ1) is 12.0. The van der Waals surface area contributed by atoms with Crippen molar-refractivity contribution >= 4 is 32.1 Å². The van der Waals surface area contributed by atoms with E-state index in [4.69, 9.17) is 8.83 Å². The van der Waals surface area contributed by atoms with Gasteiger partial charge in [-0.15, -0.1) is 0 Å². The summed E-state index contributed by atoms with van der Waals surface area (Å²) in [5.41, 5.74) is 1.59. The molecule has 25 heavy (non-hydrogen) atoms. The number of hydrogen-bond donors (Lipinski definition) is 1. The molecule has 4 rings (SSSR count). The van der Waals surface area contributed by atoms with Crippen LogP contribution in [-0.2, 0) is 16.6 Å². The molecule has 0 aliphatic heterocycles. The van der Waals surface area contributed by atoms with Crippen molar-refractivity contribution in [3.05, 3.63) is 65.1 Å². The van der Waals surface area contributed by atoms with E-state index in [1.807, 2.05) is 0 Å². The Morgan fingerprint density at radius 3 is 2.48 bits per heavy atom. The Labute approximate surface area is 142 Å². The van der Waals surface area contributed by atoms with E-state index in [0.29, 0.717) is 22.1 Å². The summed E-state index contributed by atoms with van der Waals surface area (Å²) in [6.07, 6.45) is 0. The van der Waals surface area contributed by atoms with Crippen molar-refractivity contribution in [2.75, 3.05) is 6.54 Å². The first kappa shape index (κ1) is 15.7. The number of para-hydroxylation sites is 3. The SMILES string of the molecule is O=c1oc2ccccc2n1CCNS(=O)(=O)c1cc2ccccc2o1. The molecule has 0 amide bonds. The van der Waals surface area contributed by atoms with Crippen LogP contribution in [0.2, 0.25) is 0 Å². The number of sulfonamides is 1. The fraction of sp³-hybridized carbons (Fsp3) is 0.118. The summed E-state index contributed by atoms with van der Waals surface area (Å²) in [5, 5.41) is 0.554. The summed E-state index contributed by atoms with van der Waals surface area (Å²) in [6, 6.07) is 15.5. The molecule has 0 unspecified atom stereocenters. The summed E-state index contributed by atoms with van der Waals surface area (Å²) < 4.78 is 39.1. The number of fused-ring (bicyclic) bond motifs is 2. The quantitative estimate of drug-likeness (QED) is 0.591. The fourth-order valence-electron chi connectivity index (χ4n) is 2.68. The Morgan fingerprint density at radius 1 is 0.960 bits per heavy atom. The van der Waals surface area contributed by atoms with Crippen LogP contribution in [0.5, 0.6) is 0 Å². The van der Waals surface area contributed by atoms with E-state index in [9.17, 15) is 13.2 Å². The number of furan rings is 1. The first-order valence-corrected chi connectivity index (χ1v) is 9.09. The van der Waals surface area contributed by atoms with Crippen molar-refractivity contribution in [3.8, 4) is 0 Å². The van der Waals surface area contributed by atoms with Crippen molar-refractivity contribution in [2.24, 2.45) is 0 Å². The fourth-order valence-corrected chi connectivity index (χ4v) is 3.66. The first-order valence-electron chi connectivity index (χ1n) is 7.61. The van der Waals surface area contributed by atoms with Gasteiger partial charge in [0.2, 0.25) is 5.09 Å². The standard InChI is InChI=1S/C17H14N2O5S/c20-17-19(13-6-2-4-8-15(13)24-17)10-9-18-25(21,22)16-11-12-5-1-3-7-14(12)23-16/h1-8,11,18H,9-10H2. The van der Waals surface area contributed by atoms with Gasteiger partial charge in [0.15, 0.2) is 5.58 Å². The van der Waals surface area contributed by atoms with E-state index in [1.54, 1.807) is 48.5 Å². The number of rotatable bonds is 5. The zero-order valence-corrected chi connectivity index (χ0v) is 13.8. The van der Waals surface area contributed by atoms with Gasteiger partial charge >= 0.3 is 5.76 Å². The summed E-state index contributed by atoms with van der Waals surface area (Å²) in [5.74, 6) is -0.524. The average Bonchev–Trinajstić information content (AvgIpc) is 3.17. The highest BCUT2D eigenvalue weighted by Gasteiger charge is 2.19. The minimum absolute atomic E-state index is 0.0306. The molecule has 2 aromatic carbocycles.